The van der Waals surface area contributed by atoms with Crippen molar-refractivity contribution in [1.29, 1.82) is 0 Å². The van der Waals surface area contributed by atoms with Gasteiger partial charge in [0.2, 0.25) is 5.88 Å². The molecule has 0 radical (unpaired) electrons. The van der Waals surface area contributed by atoms with E-state index in [2.05, 4.69) is 11.2 Å². The molecule has 0 aliphatic heterocycles. The summed E-state index contributed by atoms with van der Waals surface area (Å²) in [5, 5.41) is 4.53. The summed E-state index contributed by atoms with van der Waals surface area (Å²) < 4.78 is 17.5. The second-order valence-corrected chi connectivity index (χ2v) is 6.23. The second-order valence-electron chi connectivity index (χ2n) is 6.23. The Balaban J connectivity index is 1.94. The van der Waals surface area contributed by atoms with Gasteiger partial charge in [-0.15, -0.1) is 0 Å². The van der Waals surface area contributed by atoms with Gasteiger partial charge in [0.05, 0.1) is 30.7 Å². The summed E-state index contributed by atoms with van der Waals surface area (Å²) in [6, 6.07) is 14.5. The summed E-state index contributed by atoms with van der Waals surface area (Å²) >= 11 is 0. The third kappa shape index (κ3) is 4.17. The van der Waals surface area contributed by atoms with Crippen LogP contribution in [0.25, 0.3) is 5.69 Å². The van der Waals surface area contributed by atoms with E-state index in [9.17, 15) is 4.79 Å². The largest absolute Gasteiger partial charge is 0.497 e. The first-order valence-corrected chi connectivity index (χ1v) is 8.53. The highest BCUT2D eigenvalue weighted by atomic mass is 16.5. The number of aromatic nitrogens is 2. The molecule has 3 rings (SSSR count). The fraction of sp³-hybridized carbons (Fsp3) is 0.238. The SMILES string of the molecule is COCc1cc(OC(=O)c2ccc(OC)cc2)n(-c2ccc(C)cc2C)n1. The molecular formula is C21H22N2O4. The van der Waals surface area contributed by atoms with Crippen LogP contribution in [0.2, 0.25) is 0 Å². The molecule has 6 nitrogen and oxygen atoms in total. The Bertz CT molecular complexity index is 945. The maximum absolute atomic E-state index is 12.6. The molecule has 0 saturated heterocycles. The van der Waals surface area contributed by atoms with E-state index in [1.165, 1.54) is 0 Å². The minimum absolute atomic E-state index is 0.324. The van der Waals surface area contributed by atoms with Crippen LogP contribution in [0.4, 0.5) is 0 Å². The summed E-state index contributed by atoms with van der Waals surface area (Å²) in [6.07, 6.45) is 0. The average molecular weight is 366 g/mol. The maximum atomic E-state index is 12.6. The topological polar surface area (TPSA) is 62.6 Å². The molecule has 140 valence electrons. The molecule has 0 amide bonds. The number of aryl methyl sites for hydroxylation is 2. The lowest BCUT2D eigenvalue weighted by Gasteiger charge is -2.11. The predicted molar refractivity (Wildman–Crippen MR) is 102 cm³/mol. The van der Waals surface area contributed by atoms with Gasteiger partial charge in [-0.1, -0.05) is 17.7 Å². The van der Waals surface area contributed by atoms with Crippen molar-refractivity contribution in [3.05, 3.63) is 70.9 Å². The van der Waals surface area contributed by atoms with Crippen LogP contribution in [0.5, 0.6) is 11.6 Å². The number of rotatable bonds is 6. The monoisotopic (exact) mass is 366 g/mol. The Hall–Kier alpha value is -3.12. The lowest BCUT2D eigenvalue weighted by atomic mass is 10.1. The molecule has 27 heavy (non-hydrogen) atoms. The molecule has 0 aliphatic rings. The number of carbonyl (C=O) groups is 1. The third-order valence-corrected chi connectivity index (χ3v) is 4.12. The van der Waals surface area contributed by atoms with E-state index in [1.807, 2.05) is 26.0 Å². The number of nitrogens with zero attached hydrogens (tertiary/aromatic N) is 2. The molecule has 0 spiro atoms. The first kappa shape index (κ1) is 18.7. The molecule has 0 N–H and O–H groups in total. The highest BCUT2D eigenvalue weighted by molar-refractivity contribution is 5.91. The van der Waals surface area contributed by atoms with Crippen LogP contribution in [0.15, 0.2) is 48.5 Å². The molecule has 2 aromatic carbocycles. The molecule has 0 bridgehead atoms. The minimum atomic E-state index is -0.465. The Morgan fingerprint density at radius 3 is 2.41 bits per heavy atom. The van der Waals surface area contributed by atoms with Gasteiger partial charge in [-0.25, -0.2) is 4.79 Å². The van der Waals surface area contributed by atoms with Crippen LogP contribution in [0, 0.1) is 13.8 Å². The zero-order valence-corrected chi connectivity index (χ0v) is 15.9. The number of carbonyl (C=O) groups excluding carboxylic acids is 1. The number of hydrogen-bond donors (Lipinski definition) is 0. The van der Waals surface area contributed by atoms with E-state index in [1.54, 1.807) is 49.2 Å². The van der Waals surface area contributed by atoms with Gasteiger partial charge in [0.1, 0.15) is 5.75 Å². The Kier molecular flexibility index (Phi) is 5.57. The van der Waals surface area contributed by atoms with Gasteiger partial charge < -0.3 is 14.2 Å². The van der Waals surface area contributed by atoms with Crippen molar-refractivity contribution in [2.45, 2.75) is 20.5 Å². The smallest absolute Gasteiger partial charge is 0.344 e. The molecule has 6 heteroatoms. The maximum Gasteiger partial charge on any atom is 0.344 e. The summed E-state index contributed by atoms with van der Waals surface area (Å²) in [5.41, 5.74) is 4.13. The van der Waals surface area contributed by atoms with E-state index >= 15 is 0 Å². The lowest BCUT2D eigenvalue weighted by Crippen LogP contribution is -2.12. The van der Waals surface area contributed by atoms with Crippen molar-refractivity contribution < 1.29 is 19.0 Å². The molecule has 0 atom stereocenters. The van der Waals surface area contributed by atoms with Crippen LogP contribution in [0.3, 0.4) is 0 Å². The molecule has 0 fully saturated rings. The summed E-state index contributed by atoms with van der Waals surface area (Å²) in [5.74, 6) is 0.552. The predicted octanol–water partition coefficient (Wildman–Crippen LogP) is 3.86. The van der Waals surface area contributed by atoms with E-state index in [0.717, 1.165) is 16.8 Å². The lowest BCUT2D eigenvalue weighted by molar-refractivity contribution is 0.0723. The molecule has 0 saturated carbocycles. The molecule has 0 unspecified atom stereocenters. The van der Waals surface area contributed by atoms with Gasteiger partial charge in [-0.05, 0) is 49.7 Å². The molecule has 3 aromatic rings. The van der Waals surface area contributed by atoms with Crippen molar-refractivity contribution in [3.8, 4) is 17.3 Å². The van der Waals surface area contributed by atoms with Crippen LogP contribution in [0.1, 0.15) is 27.2 Å². The number of benzene rings is 2. The van der Waals surface area contributed by atoms with Crippen molar-refractivity contribution in [2.75, 3.05) is 14.2 Å². The van der Waals surface area contributed by atoms with Gasteiger partial charge in [-0.3, -0.25) is 0 Å². The van der Waals surface area contributed by atoms with E-state index in [0.29, 0.717) is 29.5 Å². The summed E-state index contributed by atoms with van der Waals surface area (Å²) in [6.45, 7) is 4.35. The number of ether oxygens (including phenoxy) is 3. The van der Waals surface area contributed by atoms with Gasteiger partial charge in [0, 0.05) is 13.2 Å². The van der Waals surface area contributed by atoms with Gasteiger partial charge in [0.15, 0.2) is 0 Å². The zero-order chi connectivity index (χ0) is 19.4. The summed E-state index contributed by atoms with van der Waals surface area (Å²) in [7, 11) is 3.17. The van der Waals surface area contributed by atoms with E-state index in [4.69, 9.17) is 14.2 Å². The quantitative estimate of drug-likeness (QED) is 0.620. The minimum Gasteiger partial charge on any atom is -0.497 e. The standard InChI is InChI=1S/C21H22N2O4/c1-14-5-10-19(15(2)11-14)23-20(12-17(22-23)13-25-3)27-21(24)16-6-8-18(26-4)9-7-16/h5-12H,13H2,1-4H3. The van der Waals surface area contributed by atoms with Gasteiger partial charge in [-0.2, -0.15) is 9.78 Å². The second kappa shape index (κ2) is 8.05. The van der Waals surface area contributed by atoms with Crippen LogP contribution in [-0.2, 0) is 11.3 Å². The van der Waals surface area contributed by atoms with Crippen molar-refractivity contribution in [1.82, 2.24) is 9.78 Å². The Labute approximate surface area is 158 Å². The normalized spacial score (nSPS) is 10.7. The van der Waals surface area contributed by atoms with Crippen molar-refractivity contribution >= 4 is 5.97 Å². The average Bonchev–Trinajstić information content (AvgIpc) is 3.04. The van der Waals surface area contributed by atoms with Crippen molar-refractivity contribution in [2.24, 2.45) is 0 Å². The first-order chi connectivity index (χ1) is 13.0. The Morgan fingerprint density at radius 1 is 1.04 bits per heavy atom. The van der Waals surface area contributed by atoms with Gasteiger partial charge >= 0.3 is 5.97 Å². The third-order valence-electron chi connectivity index (χ3n) is 4.12. The van der Waals surface area contributed by atoms with Crippen molar-refractivity contribution in [3.63, 3.8) is 0 Å². The first-order valence-electron chi connectivity index (χ1n) is 8.53. The van der Waals surface area contributed by atoms with Crippen LogP contribution >= 0.6 is 0 Å². The summed E-state index contributed by atoms with van der Waals surface area (Å²) in [4.78, 5) is 12.6. The molecular weight excluding hydrogens is 344 g/mol. The zero-order valence-electron chi connectivity index (χ0n) is 15.9. The molecule has 1 aromatic heterocycles. The highest BCUT2D eigenvalue weighted by Gasteiger charge is 2.17. The Morgan fingerprint density at radius 2 is 1.78 bits per heavy atom. The van der Waals surface area contributed by atoms with Crippen LogP contribution < -0.4 is 9.47 Å². The number of hydrogen-bond acceptors (Lipinski definition) is 5. The van der Waals surface area contributed by atoms with Crippen LogP contribution in [-0.4, -0.2) is 30.0 Å². The number of methoxy groups -OCH3 is 2. The molecule has 0 aliphatic carbocycles. The number of esters is 1. The highest BCUT2D eigenvalue weighted by Crippen LogP contribution is 2.24. The fourth-order valence-electron chi connectivity index (χ4n) is 2.80. The van der Waals surface area contributed by atoms with E-state index < -0.39 is 5.97 Å². The van der Waals surface area contributed by atoms with Gasteiger partial charge in [0.25, 0.3) is 0 Å². The fourth-order valence-corrected chi connectivity index (χ4v) is 2.80. The molecule has 1 heterocycles. The van der Waals surface area contributed by atoms with E-state index in [-0.39, 0.29) is 0 Å².